The molecule has 0 bridgehead atoms. The summed E-state index contributed by atoms with van der Waals surface area (Å²) in [6.07, 6.45) is 6.99. The van der Waals surface area contributed by atoms with E-state index in [0.717, 1.165) is 50.5 Å². The maximum Gasteiger partial charge on any atom is 0.335 e. The standard InChI is InChI=1S/C30H38O9/c1-16(31)37-26-25(17-4-8-23(34)36-15-17)29(3)13-11-20-21(30(29)27(26)39-30)6-5-18-14-19(10-12-28(18,20)2)38-24(35)9-7-22(32)33/h4,8,15,18-21,25-27H,5-7,9-14H2,1-3H3,(H,32,33)/t18-,19+,20+,21?,25+,26-,27-,28+,29-,30?/m1/s1. The third-order valence-corrected chi connectivity index (χ3v) is 11.3. The van der Waals surface area contributed by atoms with Gasteiger partial charge >= 0.3 is 23.5 Å². The van der Waals surface area contributed by atoms with E-state index in [2.05, 4.69) is 13.8 Å². The fourth-order valence-electron chi connectivity index (χ4n) is 9.64. The van der Waals surface area contributed by atoms with E-state index in [1.807, 2.05) is 0 Å². The molecule has 9 heteroatoms. The van der Waals surface area contributed by atoms with Gasteiger partial charge in [0.25, 0.3) is 0 Å². The highest BCUT2D eigenvalue weighted by Gasteiger charge is 2.84. The van der Waals surface area contributed by atoms with Gasteiger partial charge in [0, 0.05) is 24.3 Å². The predicted octanol–water partition coefficient (Wildman–Crippen LogP) is 4.22. The van der Waals surface area contributed by atoms with E-state index < -0.39 is 23.7 Å². The second-order valence-corrected chi connectivity index (χ2v) is 13.0. The Kier molecular flexibility index (Phi) is 6.25. The van der Waals surface area contributed by atoms with Crippen LogP contribution in [0.3, 0.4) is 0 Å². The van der Waals surface area contributed by atoms with Crippen LogP contribution >= 0.6 is 0 Å². The summed E-state index contributed by atoms with van der Waals surface area (Å²) in [5, 5.41) is 8.87. The summed E-state index contributed by atoms with van der Waals surface area (Å²) in [4.78, 5) is 46.9. The number of epoxide rings is 1. The van der Waals surface area contributed by atoms with Crippen LogP contribution in [0.5, 0.6) is 0 Å². The molecule has 1 aromatic heterocycles. The van der Waals surface area contributed by atoms with E-state index in [1.54, 1.807) is 6.07 Å². The summed E-state index contributed by atoms with van der Waals surface area (Å²) in [6.45, 7) is 6.10. The lowest BCUT2D eigenvalue weighted by molar-refractivity contribution is -0.168. The zero-order valence-corrected chi connectivity index (χ0v) is 22.9. The third-order valence-electron chi connectivity index (χ3n) is 11.3. The molecule has 0 radical (unpaired) electrons. The van der Waals surface area contributed by atoms with Gasteiger partial charge in [-0.15, -0.1) is 0 Å². The smallest absolute Gasteiger partial charge is 0.335 e. The van der Waals surface area contributed by atoms with E-state index in [0.29, 0.717) is 17.8 Å². The molecule has 4 saturated carbocycles. The number of carbonyl (C=O) groups excluding carboxylic acids is 2. The van der Waals surface area contributed by atoms with Gasteiger partial charge in [0.2, 0.25) is 0 Å². The van der Waals surface area contributed by atoms with Crippen LogP contribution in [-0.2, 0) is 28.6 Å². The average Bonchev–Trinajstić information content (AvgIpc) is 3.58. The zero-order chi connectivity index (χ0) is 27.7. The molecular formula is C30H38O9. The number of carboxylic acids is 1. The minimum absolute atomic E-state index is 0.0895. The van der Waals surface area contributed by atoms with Crippen LogP contribution in [0, 0.1) is 28.6 Å². The number of fused-ring (bicyclic) bond motifs is 3. The van der Waals surface area contributed by atoms with E-state index in [4.69, 9.17) is 23.7 Å². The van der Waals surface area contributed by atoms with Crippen LogP contribution in [0.2, 0.25) is 0 Å². The Morgan fingerprint density at radius 2 is 1.82 bits per heavy atom. The summed E-state index contributed by atoms with van der Waals surface area (Å²) in [7, 11) is 0. The number of carbonyl (C=O) groups is 3. The summed E-state index contributed by atoms with van der Waals surface area (Å²) in [6, 6.07) is 3.24. The number of hydrogen-bond acceptors (Lipinski definition) is 8. The largest absolute Gasteiger partial charge is 0.481 e. The lowest BCUT2D eigenvalue weighted by Gasteiger charge is -2.61. The molecule has 1 aromatic rings. The van der Waals surface area contributed by atoms with E-state index >= 15 is 0 Å². The normalized spacial score (nSPS) is 43.7. The molecule has 6 rings (SSSR count). The molecule has 1 N–H and O–H groups in total. The van der Waals surface area contributed by atoms with Crippen molar-refractivity contribution >= 4 is 17.9 Å². The highest BCUT2D eigenvalue weighted by Crippen LogP contribution is 2.78. The maximum atomic E-state index is 12.2. The summed E-state index contributed by atoms with van der Waals surface area (Å²) in [5.41, 5.74) is -0.0833. The van der Waals surface area contributed by atoms with Crippen molar-refractivity contribution in [1.29, 1.82) is 0 Å². The van der Waals surface area contributed by atoms with Crippen molar-refractivity contribution in [2.24, 2.45) is 28.6 Å². The van der Waals surface area contributed by atoms with Gasteiger partial charge in [0.15, 0.2) is 0 Å². The molecule has 0 aromatic carbocycles. The van der Waals surface area contributed by atoms with Gasteiger partial charge in [-0.3, -0.25) is 14.4 Å². The Balaban J connectivity index is 1.24. The summed E-state index contributed by atoms with van der Waals surface area (Å²) >= 11 is 0. The van der Waals surface area contributed by atoms with Gasteiger partial charge in [-0.1, -0.05) is 13.8 Å². The Bertz CT molecular complexity index is 1220. The number of esters is 2. The van der Waals surface area contributed by atoms with Crippen LogP contribution in [0.15, 0.2) is 27.6 Å². The molecular weight excluding hydrogens is 504 g/mol. The van der Waals surface area contributed by atoms with Gasteiger partial charge < -0.3 is 23.7 Å². The fraction of sp³-hybridized carbons (Fsp3) is 0.733. The van der Waals surface area contributed by atoms with Crippen molar-refractivity contribution in [3.8, 4) is 0 Å². The molecule has 0 amide bonds. The van der Waals surface area contributed by atoms with Crippen LogP contribution in [-0.4, -0.2) is 46.9 Å². The van der Waals surface area contributed by atoms with Crippen molar-refractivity contribution < 1.29 is 38.1 Å². The molecule has 2 unspecified atom stereocenters. The SMILES string of the molecule is CC(=O)O[C@H]1[C@H]2OC23C2CC[C@@H]4C[C@@H](OC(=O)CCC(=O)O)CC[C@]4(C)[C@H]2CC[C@]3(C)[C@H]1c1ccc(=O)oc1. The first-order valence-corrected chi connectivity index (χ1v) is 14.3. The Hall–Kier alpha value is -2.68. The molecule has 212 valence electrons. The lowest BCUT2D eigenvalue weighted by atomic mass is 9.44. The van der Waals surface area contributed by atoms with Gasteiger partial charge in [-0.05, 0) is 79.7 Å². The number of hydrogen-bond donors (Lipinski definition) is 1. The molecule has 5 fully saturated rings. The Labute approximate surface area is 227 Å². The van der Waals surface area contributed by atoms with E-state index in [1.165, 1.54) is 19.3 Å². The predicted molar refractivity (Wildman–Crippen MR) is 137 cm³/mol. The van der Waals surface area contributed by atoms with Crippen LogP contribution < -0.4 is 5.63 Å². The van der Waals surface area contributed by atoms with E-state index in [9.17, 15) is 19.2 Å². The molecule has 10 atom stereocenters. The topological polar surface area (TPSA) is 133 Å². The Morgan fingerprint density at radius 3 is 2.51 bits per heavy atom. The Morgan fingerprint density at radius 1 is 1.03 bits per heavy atom. The van der Waals surface area contributed by atoms with Gasteiger partial charge in [-0.25, -0.2) is 4.79 Å². The lowest BCUT2D eigenvalue weighted by Crippen LogP contribution is -2.58. The minimum Gasteiger partial charge on any atom is -0.481 e. The molecule has 1 spiro atoms. The van der Waals surface area contributed by atoms with Gasteiger partial charge in [-0.2, -0.15) is 0 Å². The van der Waals surface area contributed by atoms with E-state index in [-0.39, 0.29) is 53.4 Å². The molecule has 1 saturated heterocycles. The second-order valence-electron chi connectivity index (χ2n) is 13.0. The number of rotatable bonds is 6. The molecule has 4 aliphatic carbocycles. The molecule has 39 heavy (non-hydrogen) atoms. The number of ether oxygens (including phenoxy) is 3. The molecule has 9 nitrogen and oxygen atoms in total. The van der Waals surface area contributed by atoms with Crippen molar-refractivity contribution in [2.45, 2.75) is 108 Å². The summed E-state index contributed by atoms with van der Waals surface area (Å²) in [5.74, 6) is -0.665. The van der Waals surface area contributed by atoms with Crippen molar-refractivity contribution in [1.82, 2.24) is 0 Å². The number of carboxylic acid groups (broad SMARTS) is 1. The van der Waals surface area contributed by atoms with Crippen molar-refractivity contribution in [2.75, 3.05) is 0 Å². The average molecular weight is 543 g/mol. The minimum atomic E-state index is -0.993. The maximum absolute atomic E-state index is 12.2. The van der Waals surface area contributed by atoms with Gasteiger partial charge in [0.1, 0.15) is 23.9 Å². The first-order chi connectivity index (χ1) is 18.5. The highest BCUT2D eigenvalue weighted by atomic mass is 16.7. The van der Waals surface area contributed by atoms with Gasteiger partial charge in [0.05, 0.1) is 19.1 Å². The molecule has 2 heterocycles. The van der Waals surface area contributed by atoms with Crippen LogP contribution in [0.4, 0.5) is 0 Å². The third kappa shape index (κ3) is 3.98. The first kappa shape index (κ1) is 26.5. The number of aliphatic carboxylic acids is 1. The zero-order valence-electron chi connectivity index (χ0n) is 22.9. The molecule has 5 aliphatic rings. The fourth-order valence-corrected chi connectivity index (χ4v) is 9.64. The van der Waals surface area contributed by atoms with Crippen LogP contribution in [0.25, 0.3) is 0 Å². The summed E-state index contributed by atoms with van der Waals surface area (Å²) < 4.78 is 23.6. The first-order valence-electron chi connectivity index (χ1n) is 14.3. The quantitative estimate of drug-likeness (QED) is 0.414. The van der Waals surface area contributed by atoms with Crippen molar-refractivity contribution in [3.63, 3.8) is 0 Å². The van der Waals surface area contributed by atoms with Crippen LogP contribution in [0.1, 0.15) is 90.0 Å². The monoisotopic (exact) mass is 542 g/mol. The highest BCUT2D eigenvalue weighted by molar-refractivity contribution is 5.76. The molecule has 1 aliphatic heterocycles. The van der Waals surface area contributed by atoms with Crippen molar-refractivity contribution in [3.05, 3.63) is 34.4 Å². The second kappa shape index (κ2) is 9.18.